The van der Waals surface area contributed by atoms with Crippen LogP contribution in [0.1, 0.15) is 5.56 Å². The zero-order chi connectivity index (χ0) is 14.9. The third-order valence-corrected chi connectivity index (χ3v) is 1.68. The van der Waals surface area contributed by atoms with E-state index in [0.717, 1.165) is 5.75 Å². The normalized spacial score (nSPS) is 10.1. The minimum Gasteiger partial charge on any atom is -0.492 e. The number of aliphatic imine (C=N–C) groups is 1. The summed E-state index contributed by atoms with van der Waals surface area (Å²) in [6.45, 7) is 3.00. The molecule has 1 rings (SSSR count). The van der Waals surface area contributed by atoms with Crippen LogP contribution in [0, 0.1) is 6.92 Å². The van der Waals surface area contributed by atoms with E-state index in [2.05, 4.69) is 4.99 Å². The van der Waals surface area contributed by atoms with Crippen molar-refractivity contribution in [3.8, 4) is 5.75 Å². The standard InChI is InChI=1S/C10H15N3O.H2O4S/c1-8-2-4-9(5-3-8)14-7-6-13-10(11)12;1-5(2,3)4/h2-5H,6-7H2,1H3,(H4,11,12,13);(H2,1,2,3,4). The number of aryl methyl sites for hydroxylation is 1. The van der Waals surface area contributed by atoms with Crippen molar-refractivity contribution in [1.82, 2.24) is 0 Å². The van der Waals surface area contributed by atoms with Crippen molar-refractivity contribution in [2.75, 3.05) is 13.2 Å². The molecule has 0 radical (unpaired) electrons. The highest BCUT2D eigenvalue weighted by molar-refractivity contribution is 7.79. The molecule has 0 bridgehead atoms. The average molecular weight is 291 g/mol. The van der Waals surface area contributed by atoms with Crippen molar-refractivity contribution < 1.29 is 22.3 Å². The van der Waals surface area contributed by atoms with E-state index in [1.54, 1.807) is 0 Å². The Balaban J connectivity index is 0.000000555. The number of benzene rings is 1. The van der Waals surface area contributed by atoms with Crippen LogP contribution >= 0.6 is 0 Å². The first kappa shape index (κ1) is 17.2. The molecular weight excluding hydrogens is 274 g/mol. The van der Waals surface area contributed by atoms with Gasteiger partial charge >= 0.3 is 10.4 Å². The van der Waals surface area contributed by atoms with Crippen LogP contribution in [-0.4, -0.2) is 36.6 Å². The van der Waals surface area contributed by atoms with Gasteiger partial charge in [0.15, 0.2) is 5.96 Å². The van der Waals surface area contributed by atoms with Crippen molar-refractivity contribution in [3.63, 3.8) is 0 Å². The molecule has 108 valence electrons. The van der Waals surface area contributed by atoms with E-state index in [4.69, 9.17) is 33.7 Å². The number of ether oxygens (including phenoxy) is 1. The van der Waals surface area contributed by atoms with Gasteiger partial charge < -0.3 is 16.2 Å². The second kappa shape index (κ2) is 8.29. The average Bonchev–Trinajstić information content (AvgIpc) is 2.24. The summed E-state index contributed by atoms with van der Waals surface area (Å²) in [5.74, 6) is 0.930. The summed E-state index contributed by atoms with van der Waals surface area (Å²) < 4.78 is 37.0. The van der Waals surface area contributed by atoms with Crippen LogP contribution in [0.2, 0.25) is 0 Å². The van der Waals surface area contributed by atoms with Gasteiger partial charge in [-0.05, 0) is 19.1 Å². The van der Waals surface area contributed by atoms with Crippen LogP contribution in [0.4, 0.5) is 0 Å². The van der Waals surface area contributed by atoms with Crippen molar-refractivity contribution in [2.24, 2.45) is 16.5 Å². The molecule has 0 saturated heterocycles. The van der Waals surface area contributed by atoms with Gasteiger partial charge in [-0.15, -0.1) is 0 Å². The molecule has 0 aliphatic carbocycles. The molecule has 0 saturated carbocycles. The SMILES string of the molecule is Cc1ccc(OCCN=C(N)N)cc1.O=S(=O)(O)O. The highest BCUT2D eigenvalue weighted by Gasteiger charge is 1.91. The first-order chi connectivity index (χ1) is 8.68. The maximum atomic E-state index is 8.74. The molecule has 0 atom stereocenters. The fourth-order valence-corrected chi connectivity index (χ4v) is 0.973. The van der Waals surface area contributed by atoms with Gasteiger partial charge in [0.05, 0.1) is 6.54 Å². The van der Waals surface area contributed by atoms with Crippen LogP contribution in [0.5, 0.6) is 5.75 Å². The summed E-state index contributed by atoms with van der Waals surface area (Å²) in [6.07, 6.45) is 0. The summed E-state index contributed by atoms with van der Waals surface area (Å²) in [6, 6.07) is 7.83. The lowest BCUT2D eigenvalue weighted by Crippen LogP contribution is -2.23. The Hall–Kier alpha value is -1.84. The Labute approximate surface area is 111 Å². The molecule has 1 aromatic carbocycles. The summed E-state index contributed by atoms with van der Waals surface area (Å²) in [5, 5.41) is 0. The summed E-state index contributed by atoms with van der Waals surface area (Å²) in [7, 11) is -4.67. The van der Waals surface area contributed by atoms with Crippen molar-refractivity contribution in [3.05, 3.63) is 29.8 Å². The highest BCUT2D eigenvalue weighted by atomic mass is 32.3. The molecule has 0 amide bonds. The zero-order valence-corrected chi connectivity index (χ0v) is 11.2. The summed E-state index contributed by atoms with van der Waals surface area (Å²) in [4.78, 5) is 3.80. The molecular formula is C10H17N3O5S. The number of nitrogens with two attached hydrogens (primary N) is 2. The number of nitrogens with zero attached hydrogens (tertiary/aromatic N) is 1. The monoisotopic (exact) mass is 291 g/mol. The maximum absolute atomic E-state index is 8.74. The van der Waals surface area contributed by atoms with Crippen LogP contribution in [0.25, 0.3) is 0 Å². The van der Waals surface area contributed by atoms with Crippen LogP contribution < -0.4 is 16.2 Å². The minimum absolute atomic E-state index is 0.0949. The fraction of sp³-hybridized carbons (Fsp3) is 0.300. The van der Waals surface area contributed by atoms with E-state index in [-0.39, 0.29) is 5.96 Å². The molecule has 0 aliphatic rings. The second-order valence-electron chi connectivity index (χ2n) is 3.42. The largest absolute Gasteiger partial charge is 0.492 e. The molecule has 0 spiro atoms. The Morgan fingerprint density at radius 2 is 1.74 bits per heavy atom. The minimum atomic E-state index is -4.67. The lowest BCUT2D eigenvalue weighted by Gasteiger charge is -2.04. The third kappa shape index (κ3) is 14.1. The van der Waals surface area contributed by atoms with Crippen molar-refractivity contribution in [1.29, 1.82) is 0 Å². The molecule has 1 aromatic rings. The first-order valence-electron chi connectivity index (χ1n) is 5.13. The van der Waals surface area contributed by atoms with E-state index in [1.165, 1.54) is 5.56 Å². The Morgan fingerprint density at radius 1 is 1.26 bits per heavy atom. The Kier molecular flexibility index (Phi) is 7.49. The maximum Gasteiger partial charge on any atom is 0.394 e. The van der Waals surface area contributed by atoms with Gasteiger partial charge in [0.25, 0.3) is 0 Å². The molecule has 0 aliphatic heterocycles. The molecule has 8 nitrogen and oxygen atoms in total. The molecule has 0 heterocycles. The second-order valence-corrected chi connectivity index (χ2v) is 4.31. The lowest BCUT2D eigenvalue weighted by molar-refractivity contribution is 0.328. The zero-order valence-electron chi connectivity index (χ0n) is 10.4. The smallest absolute Gasteiger partial charge is 0.394 e. The molecule has 19 heavy (non-hydrogen) atoms. The van der Waals surface area contributed by atoms with E-state index in [1.807, 2.05) is 31.2 Å². The number of hydrogen-bond donors (Lipinski definition) is 4. The molecule has 9 heteroatoms. The predicted octanol–water partition coefficient (Wildman–Crippen LogP) is -0.00558. The Morgan fingerprint density at radius 3 is 2.16 bits per heavy atom. The quantitative estimate of drug-likeness (QED) is 0.264. The third-order valence-electron chi connectivity index (χ3n) is 1.68. The van der Waals surface area contributed by atoms with Gasteiger partial charge in [-0.25, -0.2) is 0 Å². The van der Waals surface area contributed by atoms with E-state index in [0.29, 0.717) is 13.2 Å². The number of rotatable bonds is 4. The summed E-state index contributed by atoms with van der Waals surface area (Å²) >= 11 is 0. The van der Waals surface area contributed by atoms with Gasteiger partial charge in [-0.1, -0.05) is 17.7 Å². The van der Waals surface area contributed by atoms with Gasteiger partial charge in [-0.3, -0.25) is 14.1 Å². The van der Waals surface area contributed by atoms with Gasteiger partial charge in [0.2, 0.25) is 0 Å². The lowest BCUT2D eigenvalue weighted by atomic mass is 10.2. The molecule has 0 aromatic heterocycles. The van der Waals surface area contributed by atoms with Crippen molar-refractivity contribution in [2.45, 2.75) is 6.92 Å². The molecule has 0 fully saturated rings. The van der Waals surface area contributed by atoms with Crippen LogP contribution in [0.3, 0.4) is 0 Å². The first-order valence-corrected chi connectivity index (χ1v) is 6.53. The van der Waals surface area contributed by atoms with Gasteiger partial charge in [0, 0.05) is 0 Å². The van der Waals surface area contributed by atoms with Gasteiger partial charge in [-0.2, -0.15) is 8.42 Å². The Bertz CT molecular complexity index is 486. The van der Waals surface area contributed by atoms with Crippen molar-refractivity contribution >= 4 is 16.4 Å². The van der Waals surface area contributed by atoms with Crippen LogP contribution in [-0.2, 0) is 10.4 Å². The topological polar surface area (TPSA) is 148 Å². The number of guanidine groups is 1. The van der Waals surface area contributed by atoms with Crippen LogP contribution in [0.15, 0.2) is 29.3 Å². The predicted molar refractivity (Wildman–Crippen MR) is 71.5 cm³/mol. The van der Waals surface area contributed by atoms with E-state index in [9.17, 15) is 0 Å². The summed E-state index contributed by atoms with van der Waals surface area (Å²) in [5.41, 5.74) is 11.5. The fourth-order valence-electron chi connectivity index (χ4n) is 0.973. The molecule has 6 N–H and O–H groups in total. The van der Waals surface area contributed by atoms with E-state index >= 15 is 0 Å². The number of hydrogen-bond acceptors (Lipinski definition) is 4. The molecule has 0 unspecified atom stereocenters. The van der Waals surface area contributed by atoms with E-state index < -0.39 is 10.4 Å². The highest BCUT2D eigenvalue weighted by Crippen LogP contribution is 2.10. The van der Waals surface area contributed by atoms with Gasteiger partial charge in [0.1, 0.15) is 12.4 Å².